The van der Waals surface area contributed by atoms with Gasteiger partial charge in [-0.15, -0.1) is 0 Å². The maximum Gasteiger partial charge on any atom is 0.0500 e. The van der Waals surface area contributed by atoms with Crippen molar-refractivity contribution in [3.63, 3.8) is 0 Å². The van der Waals surface area contributed by atoms with Crippen molar-refractivity contribution in [3.05, 3.63) is 35.4 Å². The van der Waals surface area contributed by atoms with Gasteiger partial charge in [-0.3, -0.25) is 4.90 Å². The number of hydrogen-bond acceptors (Lipinski definition) is 3. The first-order valence-electron chi connectivity index (χ1n) is 7.63. The molecule has 1 aliphatic heterocycles. The van der Waals surface area contributed by atoms with Crippen molar-refractivity contribution in [1.82, 2.24) is 4.90 Å². The number of nitrogens with zero attached hydrogens (tertiary/aromatic N) is 1. The van der Waals surface area contributed by atoms with Crippen LogP contribution < -0.4 is 5.73 Å². The van der Waals surface area contributed by atoms with Crippen molar-refractivity contribution in [1.29, 1.82) is 0 Å². The number of benzene rings is 1. The Labute approximate surface area is 128 Å². The molecular weight excluding hydrogens is 264 g/mol. The first kappa shape index (κ1) is 15.9. The summed E-state index contributed by atoms with van der Waals surface area (Å²) in [6, 6.07) is 9.41. The van der Waals surface area contributed by atoms with Crippen molar-refractivity contribution in [2.75, 3.05) is 18.8 Å². The summed E-state index contributed by atoms with van der Waals surface area (Å²) in [7, 11) is 0. The highest BCUT2D eigenvalue weighted by Crippen LogP contribution is 2.35. The second kappa shape index (κ2) is 6.50. The Balaban J connectivity index is 2.28. The standard InChI is InChI=1S/C17H28N2S/c1-5-15(18)16(14-8-6-7-13(2)11-14)19-9-10-20-17(3,4)12-19/h6-8,11,15-16H,5,9-10,12,18H2,1-4H3. The molecule has 0 spiro atoms. The Kier molecular flexibility index (Phi) is 5.16. The third-order valence-corrected chi connectivity index (χ3v) is 5.41. The van der Waals surface area contributed by atoms with Gasteiger partial charge in [0.15, 0.2) is 0 Å². The predicted octanol–water partition coefficient (Wildman–Crippen LogP) is 3.60. The van der Waals surface area contributed by atoms with Gasteiger partial charge in [0.25, 0.3) is 0 Å². The molecular formula is C17H28N2S. The Morgan fingerprint density at radius 1 is 1.40 bits per heavy atom. The number of thioether (sulfide) groups is 1. The quantitative estimate of drug-likeness (QED) is 0.919. The molecule has 1 saturated heterocycles. The largest absolute Gasteiger partial charge is 0.326 e. The lowest BCUT2D eigenvalue weighted by Gasteiger charge is -2.44. The van der Waals surface area contributed by atoms with Crippen molar-refractivity contribution < 1.29 is 0 Å². The monoisotopic (exact) mass is 292 g/mol. The second-order valence-electron chi connectivity index (χ2n) is 6.51. The Morgan fingerprint density at radius 3 is 2.75 bits per heavy atom. The summed E-state index contributed by atoms with van der Waals surface area (Å²) in [5, 5.41) is 0. The van der Waals surface area contributed by atoms with Crippen LogP contribution in [0.3, 0.4) is 0 Å². The van der Waals surface area contributed by atoms with E-state index in [-0.39, 0.29) is 6.04 Å². The smallest absolute Gasteiger partial charge is 0.0500 e. The summed E-state index contributed by atoms with van der Waals surface area (Å²) < 4.78 is 0.327. The zero-order chi connectivity index (χ0) is 14.8. The van der Waals surface area contributed by atoms with E-state index in [0.717, 1.165) is 19.5 Å². The molecule has 0 aromatic heterocycles. The lowest BCUT2D eigenvalue weighted by molar-refractivity contribution is 0.161. The lowest BCUT2D eigenvalue weighted by atomic mass is 9.94. The van der Waals surface area contributed by atoms with Crippen LogP contribution in [0.4, 0.5) is 0 Å². The van der Waals surface area contributed by atoms with Gasteiger partial charge in [-0.25, -0.2) is 0 Å². The van der Waals surface area contributed by atoms with E-state index >= 15 is 0 Å². The minimum atomic E-state index is 0.204. The molecule has 1 aromatic carbocycles. The van der Waals surface area contributed by atoms with Crippen molar-refractivity contribution in [2.24, 2.45) is 5.73 Å². The van der Waals surface area contributed by atoms with Crippen molar-refractivity contribution in [2.45, 2.75) is 50.9 Å². The predicted molar refractivity (Wildman–Crippen MR) is 90.3 cm³/mol. The number of rotatable bonds is 4. The Bertz CT molecular complexity index is 444. The molecule has 0 amide bonds. The molecule has 0 radical (unpaired) electrons. The Morgan fingerprint density at radius 2 is 2.15 bits per heavy atom. The van der Waals surface area contributed by atoms with Crippen LogP contribution in [0, 0.1) is 6.92 Å². The maximum absolute atomic E-state index is 6.47. The zero-order valence-electron chi connectivity index (χ0n) is 13.2. The average molecular weight is 292 g/mol. The summed E-state index contributed by atoms with van der Waals surface area (Å²) in [6.45, 7) is 11.3. The number of hydrogen-bond donors (Lipinski definition) is 1. The molecule has 0 bridgehead atoms. The summed E-state index contributed by atoms with van der Waals surface area (Å²) in [5.74, 6) is 1.20. The van der Waals surface area contributed by atoms with Gasteiger partial charge in [0, 0.05) is 35.7 Å². The topological polar surface area (TPSA) is 29.3 Å². The van der Waals surface area contributed by atoms with Gasteiger partial charge in [-0.05, 0) is 32.8 Å². The fraction of sp³-hybridized carbons (Fsp3) is 0.647. The molecule has 1 fully saturated rings. The molecule has 2 rings (SSSR count). The maximum atomic E-state index is 6.47. The van der Waals surface area contributed by atoms with E-state index in [9.17, 15) is 0 Å². The van der Waals surface area contributed by atoms with Crippen LogP contribution in [0.15, 0.2) is 24.3 Å². The molecule has 0 aliphatic carbocycles. The molecule has 2 atom stereocenters. The van der Waals surface area contributed by atoms with Gasteiger partial charge in [-0.2, -0.15) is 11.8 Å². The molecule has 0 saturated carbocycles. The first-order valence-corrected chi connectivity index (χ1v) is 8.61. The van der Waals surface area contributed by atoms with Crippen LogP contribution in [-0.4, -0.2) is 34.5 Å². The highest BCUT2D eigenvalue weighted by Gasteiger charge is 2.33. The molecule has 2 unspecified atom stereocenters. The van der Waals surface area contributed by atoms with Crippen LogP contribution in [0.2, 0.25) is 0 Å². The van der Waals surface area contributed by atoms with E-state index in [1.165, 1.54) is 16.9 Å². The van der Waals surface area contributed by atoms with E-state index < -0.39 is 0 Å². The fourth-order valence-electron chi connectivity index (χ4n) is 3.10. The molecule has 3 heteroatoms. The van der Waals surface area contributed by atoms with Crippen LogP contribution in [0.1, 0.15) is 44.4 Å². The summed E-state index contributed by atoms with van der Waals surface area (Å²) in [6.07, 6.45) is 1.02. The van der Waals surface area contributed by atoms with Gasteiger partial charge in [0.2, 0.25) is 0 Å². The summed E-state index contributed by atoms with van der Waals surface area (Å²) in [5.41, 5.74) is 9.17. The fourth-order valence-corrected chi connectivity index (χ4v) is 4.23. The minimum Gasteiger partial charge on any atom is -0.326 e. The molecule has 1 aliphatic rings. The van der Waals surface area contributed by atoms with Crippen LogP contribution in [0.5, 0.6) is 0 Å². The van der Waals surface area contributed by atoms with Crippen LogP contribution in [0.25, 0.3) is 0 Å². The molecule has 1 heterocycles. The average Bonchev–Trinajstić information content (AvgIpc) is 2.38. The molecule has 20 heavy (non-hydrogen) atoms. The zero-order valence-corrected chi connectivity index (χ0v) is 14.0. The summed E-state index contributed by atoms with van der Waals surface area (Å²) in [4.78, 5) is 2.60. The number of nitrogens with two attached hydrogens (primary N) is 1. The van der Waals surface area contributed by atoms with E-state index in [1.807, 2.05) is 0 Å². The minimum absolute atomic E-state index is 0.204. The SMILES string of the molecule is CCC(N)C(c1cccc(C)c1)N1CCSC(C)(C)C1. The van der Waals surface area contributed by atoms with Gasteiger partial charge in [-0.1, -0.05) is 36.8 Å². The van der Waals surface area contributed by atoms with E-state index in [1.54, 1.807) is 0 Å². The van der Waals surface area contributed by atoms with Gasteiger partial charge >= 0.3 is 0 Å². The Hall–Kier alpha value is -0.510. The van der Waals surface area contributed by atoms with E-state index in [0.29, 0.717) is 10.8 Å². The highest BCUT2D eigenvalue weighted by molar-refractivity contribution is 8.00. The lowest BCUT2D eigenvalue weighted by Crippen LogP contribution is -2.49. The van der Waals surface area contributed by atoms with Gasteiger partial charge in [0.05, 0.1) is 0 Å². The highest BCUT2D eigenvalue weighted by atomic mass is 32.2. The van der Waals surface area contributed by atoms with E-state index in [4.69, 9.17) is 5.73 Å². The molecule has 1 aromatic rings. The first-order chi connectivity index (χ1) is 9.43. The van der Waals surface area contributed by atoms with Crippen molar-refractivity contribution in [3.8, 4) is 0 Å². The molecule has 2 nitrogen and oxygen atoms in total. The normalized spacial score (nSPS) is 22.4. The third kappa shape index (κ3) is 3.78. The molecule has 2 N–H and O–H groups in total. The third-order valence-electron chi connectivity index (χ3n) is 4.11. The second-order valence-corrected chi connectivity index (χ2v) is 8.31. The van der Waals surface area contributed by atoms with Gasteiger partial charge < -0.3 is 5.73 Å². The van der Waals surface area contributed by atoms with Crippen LogP contribution >= 0.6 is 11.8 Å². The number of aryl methyl sites for hydroxylation is 1. The molecule has 112 valence electrons. The van der Waals surface area contributed by atoms with E-state index in [2.05, 4.69) is 68.6 Å². The van der Waals surface area contributed by atoms with Crippen molar-refractivity contribution >= 4 is 11.8 Å². The van der Waals surface area contributed by atoms with Gasteiger partial charge in [0.1, 0.15) is 0 Å². The summed E-state index contributed by atoms with van der Waals surface area (Å²) >= 11 is 2.08. The van der Waals surface area contributed by atoms with Crippen LogP contribution in [-0.2, 0) is 0 Å².